The molecule has 0 atom stereocenters. The highest BCUT2D eigenvalue weighted by Gasteiger charge is 2.42. The molecule has 0 aromatic heterocycles. The molecular weight excluding hydrogens is 180 g/mol. The minimum absolute atomic E-state index is 0.0960. The van der Waals surface area contributed by atoms with Crippen LogP contribution in [-0.4, -0.2) is 18.9 Å². The van der Waals surface area contributed by atoms with E-state index >= 15 is 0 Å². The van der Waals surface area contributed by atoms with E-state index in [2.05, 4.69) is 32.4 Å². The van der Waals surface area contributed by atoms with Gasteiger partial charge in [0.1, 0.15) is 5.60 Å². The fourth-order valence-electron chi connectivity index (χ4n) is 1.08. The third-order valence-electron chi connectivity index (χ3n) is 3.50. The van der Waals surface area contributed by atoms with Gasteiger partial charge in [-0.05, 0) is 19.8 Å². The van der Waals surface area contributed by atoms with Crippen LogP contribution in [-0.2, 0) is 9.47 Å². The summed E-state index contributed by atoms with van der Waals surface area (Å²) in [6.07, 6.45) is -0.622. The number of carbonyl (C=O) groups is 1. The highest BCUT2D eigenvalue weighted by atomic mass is 16.7. The van der Waals surface area contributed by atoms with Crippen LogP contribution in [0.4, 0.5) is 4.79 Å². The second-order valence-corrected chi connectivity index (χ2v) is 4.94. The number of rotatable bonds is 3. The molecule has 0 spiro atoms. The molecule has 0 bridgehead atoms. The summed E-state index contributed by atoms with van der Waals surface area (Å²) < 4.78 is 9.75. The Labute approximate surface area is 86.8 Å². The van der Waals surface area contributed by atoms with Crippen LogP contribution in [0.2, 0.25) is 0 Å². The van der Waals surface area contributed by atoms with E-state index in [0.29, 0.717) is 5.92 Å². The third kappa shape index (κ3) is 2.63. The van der Waals surface area contributed by atoms with Crippen LogP contribution < -0.4 is 0 Å². The van der Waals surface area contributed by atoms with Crippen molar-refractivity contribution >= 4 is 6.16 Å². The van der Waals surface area contributed by atoms with E-state index in [4.69, 9.17) is 4.74 Å². The average Bonchev–Trinajstić information content (AvgIpc) is 2.02. The maximum Gasteiger partial charge on any atom is 0.508 e. The quantitative estimate of drug-likeness (QED) is 0.659. The van der Waals surface area contributed by atoms with E-state index < -0.39 is 11.8 Å². The summed E-state index contributed by atoms with van der Waals surface area (Å²) in [5.74, 6) is 0.419. The van der Waals surface area contributed by atoms with Crippen molar-refractivity contribution in [1.29, 1.82) is 0 Å². The topological polar surface area (TPSA) is 35.5 Å². The molecule has 14 heavy (non-hydrogen) atoms. The first-order valence-electron chi connectivity index (χ1n) is 4.92. The first-order chi connectivity index (χ1) is 6.15. The Kier molecular flexibility index (Phi) is 3.98. The van der Waals surface area contributed by atoms with Gasteiger partial charge in [-0.3, -0.25) is 0 Å². The summed E-state index contributed by atoms with van der Waals surface area (Å²) in [6, 6.07) is 0. The van der Waals surface area contributed by atoms with Gasteiger partial charge in [0.2, 0.25) is 0 Å². The Bertz CT molecular complexity index is 205. The average molecular weight is 202 g/mol. The standard InChI is InChI=1S/C11H22O3/c1-8(2)10(3,4)11(5,6)14-9(12)13-7/h8H,1-7H3. The lowest BCUT2D eigenvalue weighted by atomic mass is 9.69. The molecule has 0 aliphatic rings. The monoisotopic (exact) mass is 202 g/mol. The maximum absolute atomic E-state index is 11.1. The Morgan fingerprint density at radius 3 is 1.86 bits per heavy atom. The largest absolute Gasteiger partial charge is 0.508 e. The predicted molar refractivity (Wildman–Crippen MR) is 56.2 cm³/mol. The summed E-state index contributed by atoms with van der Waals surface area (Å²) in [6.45, 7) is 12.2. The SMILES string of the molecule is COC(=O)OC(C)(C)C(C)(C)C(C)C. The number of carbonyl (C=O) groups excluding carboxylic acids is 1. The van der Waals surface area contributed by atoms with Crippen LogP contribution >= 0.6 is 0 Å². The zero-order chi connectivity index (χ0) is 11.6. The van der Waals surface area contributed by atoms with Crippen LogP contribution in [0.1, 0.15) is 41.5 Å². The summed E-state index contributed by atoms with van der Waals surface area (Å²) in [5, 5.41) is 0. The van der Waals surface area contributed by atoms with E-state index in [9.17, 15) is 4.79 Å². The normalized spacial score (nSPS) is 12.9. The number of hydrogen-bond acceptors (Lipinski definition) is 3. The number of methoxy groups -OCH3 is 1. The molecule has 0 saturated heterocycles. The van der Waals surface area contributed by atoms with Crippen molar-refractivity contribution < 1.29 is 14.3 Å². The van der Waals surface area contributed by atoms with E-state index in [1.54, 1.807) is 0 Å². The van der Waals surface area contributed by atoms with Crippen molar-refractivity contribution in [3.8, 4) is 0 Å². The van der Waals surface area contributed by atoms with Gasteiger partial charge in [-0.1, -0.05) is 27.7 Å². The third-order valence-corrected chi connectivity index (χ3v) is 3.50. The lowest BCUT2D eigenvalue weighted by molar-refractivity contribution is -0.0910. The van der Waals surface area contributed by atoms with Gasteiger partial charge in [-0.15, -0.1) is 0 Å². The molecule has 0 N–H and O–H groups in total. The van der Waals surface area contributed by atoms with Gasteiger partial charge in [0.05, 0.1) is 7.11 Å². The van der Waals surface area contributed by atoms with Crippen molar-refractivity contribution in [3.05, 3.63) is 0 Å². The molecule has 0 aromatic carbocycles. The van der Waals surface area contributed by atoms with Gasteiger partial charge in [-0.25, -0.2) is 4.79 Å². The Morgan fingerprint density at radius 1 is 1.14 bits per heavy atom. The molecule has 0 saturated carbocycles. The summed E-state index contributed by atoms with van der Waals surface area (Å²) in [4.78, 5) is 11.1. The van der Waals surface area contributed by atoms with Gasteiger partial charge in [-0.2, -0.15) is 0 Å². The molecule has 0 aliphatic heterocycles. The molecule has 3 heteroatoms. The van der Waals surface area contributed by atoms with Gasteiger partial charge < -0.3 is 9.47 Å². The van der Waals surface area contributed by atoms with Gasteiger partial charge >= 0.3 is 6.16 Å². The zero-order valence-electron chi connectivity index (χ0n) is 10.3. The summed E-state index contributed by atoms with van der Waals surface area (Å²) in [7, 11) is 1.32. The highest BCUT2D eigenvalue weighted by Crippen LogP contribution is 2.40. The molecule has 0 fully saturated rings. The minimum atomic E-state index is -0.622. The second kappa shape index (κ2) is 4.20. The zero-order valence-corrected chi connectivity index (χ0v) is 10.3. The molecule has 0 unspecified atom stereocenters. The Balaban J connectivity index is 4.68. The van der Waals surface area contributed by atoms with Crippen molar-refractivity contribution in [3.63, 3.8) is 0 Å². The second-order valence-electron chi connectivity index (χ2n) is 4.94. The molecule has 3 nitrogen and oxygen atoms in total. The maximum atomic E-state index is 11.1. The molecule has 0 aromatic rings. The lowest BCUT2D eigenvalue weighted by Gasteiger charge is -2.43. The van der Waals surface area contributed by atoms with E-state index in [1.807, 2.05) is 13.8 Å². The van der Waals surface area contributed by atoms with E-state index in [-0.39, 0.29) is 5.41 Å². The number of ether oxygens (including phenoxy) is 2. The molecule has 0 aliphatic carbocycles. The van der Waals surface area contributed by atoms with Crippen LogP contribution in [0.25, 0.3) is 0 Å². The van der Waals surface area contributed by atoms with Gasteiger partial charge in [0, 0.05) is 5.41 Å². The molecule has 0 heterocycles. The summed E-state index contributed by atoms with van der Waals surface area (Å²) in [5.41, 5.74) is -0.630. The van der Waals surface area contributed by atoms with Crippen molar-refractivity contribution in [1.82, 2.24) is 0 Å². The smallest absolute Gasteiger partial charge is 0.438 e. The Morgan fingerprint density at radius 2 is 1.57 bits per heavy atom. The lowest BCUT2D eigenvalue weighted by Crippen LogP contribution is -2.46. The van der Waals surface area contributed by atoms with E-state index in [0.717, 1.165) is 0 Å². The van der Waals surface area contributed by atoms with Crippen molar-refractivity contribution in [2.45, 2.75) is 47.1 Å². The Hall–Kier alpha value is -0.730. The van der Waals surface area contributed by atoms with Gasteiger partial charge in [0.15, 0.2) is 0 Å². The van der Waals surface area contributed by atoms with Crippen LogP contribution in [0, 0.1) is 11.3 Å². The summed E-state index contributed by atoms with van der Waals surface area (Å²) >= 11 is 0. The minimum Gasteiger partial charge on any atom is -0.438 e. The molecule has 0 amide bonds. The first-order valence-corrected chi connectivity index (χ1v) is 4.92. The molecule has 0 radical (unpaired) electrons. The van der Waals surface area contributed by atoms with Crippen molar-refractivity contribution in [2.24, 2.45) is 11.3 Å². The first kappa shape index (κ1) is 13.3. The molecule has 0 rings (SSSR count). The predicted octanol–water partition coefficient (Wildman–Crippen LogP) is 3.23. The molecule has 84 valence electrons. The van der Waals surface area contributed by atoms with Crippen LogP contribution in [0.3, 0.4) is 0 Å². The molecular formula is C11H22O3. The van der Waals surface area contributed by atoms with Crippen LogP contribution in [0.5, 0.6) is 0 Å². The van der Waals surface area contributed by atoms with E-state index in [1.165, 1.54) is 7.11 Å². The van der Waals surface area contributed by atoms with Crippen LogP contribution in [0.15, 0.2) is 0 Å². The fourth-order valence-corrected chi connectivity index (χ4v) is 1.08. The fraction of sp³-hybridized carbons (Fsp3) is 0.909. The van der Waals surface area contributed by atoms with Gasteiger partial charge in [0.25, 0.3) is 0 Å². The highest BCUT2D eigenvalue weighted by molar-refractivity contribution is 5.60. The van der Waals surface area contributed by atoms with Crippen molar-refractivity contribution in [2.75, 3.05) is 7.11 Å². The number of hydrogen-bond donors (Lipinski definition) is 0.